The molecule has 1 aliphatic carbocycles. The highest BCUT2D eigenvalue weighted by Crippen LogP contribution is 2.38. The van der Waals surface area contributed by atoms with E-state index in [4.69, 9.17) is 10.5 Å². The molecule has 4 aromatic rings. The van der Waals surface area contributed by atoms with Gasteiger partial charge in [-0.1, -0.05) is 24.2 Å². The van der Waals surface area contributed by atoms with Gasteiger partial charge in [-0.3, -0.25) is 9.97 Å². The van der Waals surface area contributed by atoms with Crippen LogP contribution in [0.1, 0.15) is 50.5 Å². The van der Waals surface area contributed by atoms with Gasteiger partial charge in [-0.15, -0.1) is 10.2 Å². The third kappa shape index (κ3) is 4.34. The number of nitrogens with two attached hydrogens (primary N) is 1. The molecule has 0 spiro atoms. The van der Waals surface area contributed by atoms with E-state index in [1.807, 2.05) is 32.0 Å². The first kappa shape index (κ1) is 20.6. The normalized spacial score (nSPS) is 14.3. The molecule has 0 amide bonds. The lowest BCUT2D eigenvalue weighted by atomic mass is 10.1. The Morgan fingerprint density at radius 1 is 1.03 bits per heavy atom. The van der Waals surface area contributed by atoms with Crippen LogP contribution >= 0.6 is 11.3 Å². The first-order chi connectivity index (χ1) is 15.5. The van der Waals surface area contributed by atoms with Crippen LogP contribution in [0, 0.1) is 0 Å². The van der Waals surface area contributed by atoms with Crippen molar-refractivity contribution in [2.24, 2.45) is 0 Å². The van der Waals surface area contributed by atoms with Gasteiger partial charge in [0.25, 0.3) is 0 Å². The van der Waals surface area contributed by atoms with Gasteiger partial charge in [0, 0.05) is 12.0 Å². The second-order valence-corrected chi connectivity index (χ2v) is 9.32. The minimum atomic E-state index is 0.0815. The Hall–Kier alpha value is -3.33. The average molecular weight is 448 g/mol. The van der Waals surface area contributed by atoms with Crippen LogP contribution < -0.4 is 15.8 Å². The van der Waals surface area contributed by atoms with E-state index in [0.717, 1.165) is 32.5 Å². The fourth-order valence-corrected chi connectivity index (χ4v) is 5.01. The van der Waals surface area contributed by atoms with E-state index in [1.54, 1.807) is 29.9 Å². The number of anilines is 3. The second kappa shape index (κ2) is 8.66. The van der Waals surface area contributed by atoms with Gasteiger partial charge in [-0.2, -0.15) is 0 Å². The Morgan fingerprint density at radius 3 is 2.66 bits per heavy atom. The molecule has 0 aromatic carbocycles. The van der Waals surface area contributed by atoms with Crippen molar-refractivity contribution in [3.8, 4) is 16.3 Å². The number of nitrogens with one attached hydrogen (secondary N) is 1. The number of nitrogen functional groups attached to an aromatic ring is 1. The molecule has 8 nitrogen and oxygen atoms in total. The lowest BCUT2D eigenvalue weighted by Gasteiger charge is -2.12. The number of fused-ring (bicyclic) bond motifs is 1. The first-order valence-corrected chi connectivity index (χ1v) is 11.7. The minimum Gasteiger partial charge on any atom is -0.489 e. The molecule has 5 rings (SSSR count). The summed E-state index contributed by atoms with van der Waals surface area (Å²) in [5, 5.41) is 14.0. The lowest BCUT2D eigenvalue weighted by molar-refractivity contribution is 0.241. The summed E-state index contributed by atoms with van der Waals surface area (Å²) in [5.41, 5.74) is 10.2. The molecule has 0 bridgehead atoms. The zero-order valence-electron chi connectivity index (χ0n) is 18.1. The quantitative estimate of drug-likeness (QED) is 0.409. The van der Waals surface area contributed by atoms with Crippen LogP contribution in [0.15, 0.2) is 36.8 Å². The Labute approximate surface area is 190 Å². The minimum absolute atomic E-state index is 0.0815. The maximum absolute atomic E-state index is 6.30. The molecule has 1 fully saturated rings. The highest BCUT2D eigenvalue weighted by Gasteiger charge is 2.22. The van der Waals surface area contributed by atoms with Crippen LogP contribution in [0.2, 0.25) is 0 Å². The van der Waals surface area contributed by atoms with Crippen LogP contribution in [-0.4, -0.2) is 31.3 Å². The molecule has 0 atom stereocenters. The zero-order chi connectivity index (χ0) is 22.1. The Bertz CT molecular complexity index is 1250. The van der Waals surface area contributed by atoms with E-state index in [0.29, 0.717) is 23.0 Å². The van der Waals surface area contributed by atoms with Gasteiger partial charge in [0.15, 0.2) is 5.01 Å². The van der Waals surface area contributed by atoms with Gasteiger partial charge >= 0.3 is 0 Å². The number of ether oxygens (including phenoxy) is 1. The van der Waals surface area contributed by atoms with Gasteiger partial charge in [-0.05, 0) is 38.8 Å². The molecule has 9 heteroatoms. The van der Waals surface area contributed by atoms with E-state index in [-0.39, 0.29) is 6.10 Å². The van der Waals surface area contributed by atoms with Crippen LogP contribution in [0.4, 0.5) is 17.2 Å². The number of nitrogens with zero attached hydrogens (tertiary/aromatic N) is 5. The van der Waals surface area contributed by atoms with E-state index >= 15 is 0 Å². The highest BCUT2D eigenvalue weighted by atomic mass is 32.1. The molecule has 4 heterocycles. The smallest absolute Gasteiger partial charge is 0.151 e. The molecule has 3 N–H and O–H groups in total. The topological polar surface area (TPSA) is 112 Å². The first-order valence-electron chi connectivity index (χ1n) is 10.8. The molecule has 0 radical (unpaired) electrons. The van der Waals surface area contributed by atoms with Crippen molar-refractivity contribution in [2.75, 3.05) is 11.1 Å². The number of pyridine rings is 3. The van der Waals surface area contributed by atoms with Crippen LogP contribution in [0.3, 0.4) is 0 Å². The maximum atomic E-state index is 6.30. The van der Waals surface area contributed by atoms with Crippen molar-refractivity contribution in [3.05, 3.63) is 41.8 Å². The van der Waals surface area contributed by atoms with Crippen molar-refractivity contribution in [3.63, 3.8) is 0 Å². The number of rotatable bonds is 6. The van der Waals surface area contributed by atoms with Crippen molar-refractivity contribution in [2.45, 2.75) is 51.6 Å². The molecular weight excluding hydrogens is 422 g/mol. The molecule has 32 heavy (non-hydrogen) atoms. The zero-order valence-corrected chi connectivity index (χ0v) is 18.9. The molecule has 0 saturated heterocycles. The average Bonchev–Trinajstić information content (AvgIpc) is 3.45. The third-order valence-electron chi connectivity index (χ3n) is 5.44. The molecule has 1 aliphatic rings. The maximum Gasteiger partial charge on any atom is 0.151 e. The summed E-state index contributed by atoms with van der Waals surface area (Å²) in [7, 11) is 0. The molecule has 4 aromatic heterocycles. The number of hydrogen-bond acceptors (Lipinski definition) is 9. The SMILES string of the molecule is CC(C)Oc1cncc(Nc2cnc3cc(-c4nnc(C5CCCC5)s4)c(N)nc3c2)c1. The number of hydrogen-bond donors (Lipinski definition) is 2. The summed E-state index contributed by atoms with van der Waals surface area (Å²) < 4.78 is 5.71. The third-order valence-corrected chi connectivity index (χ3v) is 6.56. The molecular formula is C23H25N7OS. The Balaban J connectivity index is 1.40. The fourth-order valence-electron chi connectivity index (χ4n) is 3.98. The summed E-state index contributed by atoms with van der Waals surface area (Å²) in [4.78, 5) is 13.4. The summed E-state index contributed by atoms with van der Waals surface area (Å²) in [6, 6.07) is 5.76. The molecule has 1 saturated carbocycles. The molecule has 164 valence electrons. The van der Waals surface area contributed by atoms with Crippen molar-refractivity contribution in [1.82, 2.24) is 25.1 Å². The molecule has 0 unspecified atom stereocenters. The fraction of sp³-hybridized carbons (Fsp3) is 0.348. The van der Waals surface area contributed by atoms with Crippen molar-refractivity contribution >= 4 is 39.6 Å². The summed E-state index contributed by atoms with van der Waals surface area (Å²) >= 11 is 1.62. The van der Waals surface area contributed by atoms with E-state index in [1.165, 1.54) is 25.7 Å². The van der Waals surface area contributed by atoms with Gasteiger partial charge in [0.1, 0.15) is 16.6 Å². The predicted molar refractivity (Wildman–Crippen MR) is 127 cm³/mol. The van der Waals surface area contributed by atoms with E-state index < -0.39 is 0 Å². The predicted octanol–water partition coefficient (Wildman–Crippen LogP) is 5.31. The van der Waals surface area contributed by atoms with Crippen molar-refractivity contribution in [1.29, 1.82) is 0 Å². The van der Waals surface area contributed by atoms with E-state index in [2.05, 4.69) is 30.5 Å². The number of aromatic nitrogens is 5. The van der Waals surface area contributed by atoms with Crippen LogP contribution in [-0.2, 0) is 0 Å². The lowest BCUT2D eigenvalue weighted by Crippen LogP contribution is -2.06. The monoisotopic (exact) mass is 447 g/mol. The summed E-state index contributed by atoms with van der Waals surface area (Å²) in [6.45, 7) is 3.96. The van der Waals surface area contributed by atoms with Crippen molar-refractivity contribution < 1.29 is 4.74 Å². The van der Waals surface area contributed by atoms with Gasteiger partial charge < -0.3 is 15.8 Å². The second-order valence-electron chi connectivity index (χ2n) is 8.31. The van der Waals surface area contributed by atoms with Gasteiger partial charge in [0.2, 0.25) is 0 Å². The Kier molecular flexibility index (Phi) is 5.57. The molecule has 0 aliphatic heterocycles. The van der Waals surface area contributed by atoms with Crippen LogP contribution in [0.25, 0.3) is 21.6 Å². The Morgan fingerprint density at radius 2 is 1.84 bits per heavy atom. The largest absolute Gasteiger partial charge is 0.489 e. The summed E-state index contributed by atoms with van der Waals surface area (Å²) in [6.07, 6.45) is 10.2. The van der Waals surface area contributed by atoms with Crippen LogP contribution in [0.5, 0.6) is 5.75 Å². The van der Waals surface area contributed by atoms with Gasteiger partial charge in [-0.25, -0.2) is 4.98 Å². The van der Waals surface area contributed by atoms with E-state index in [9.17, 15) is 0 Å². The standard InChI is InChI=1S/C23H25N7OS/c1-13(2)31-17-7-15(10-25-12-17)27-16-8-20-19(26-11-16)9-18(21(24)28-20)23-30-29-22(32-23)14-5-3-4-6-14/h7-14,27H,3-6H2,1-2H3,(H2,24,28). The van der Waals surface area contributed by atoms with Gasteiger partial charge in [0.05, 0.1) is 52.7 Å². The summed E-state index contributed by atoms with van der Waals surface area (Å²) in [5.74, 6) is 1.67. The highest BCUT2D eigenvalue weighted by molar-refractivity contribution is 7.14.